The summed E-state index contributed by atoms with van der Waals surface area (Å²) in [5.74, 6) is -1.11. The van der Waals surface area contributed by atoms with Gasteiger partial charge in [0.2, 0.25) is 0 Å². The summed E-state index contributed by atoms with van der Waals surface area (Å²) in [6, 6.07) is 7.46. The number of nitrogens with one attached hydrogen (secondary N) is 2. The summed E-state index contributed by atoms with van der Waals surface area (Å²) >= 11 is 1.03. The molecule has 2 aromatic rings. The number of urea groups is 1. The average molecular weight is 442 g/mol. The molecule has 0 saturated carbocycles. The lowest BCUT2D eigenvalue weighted by atomic mass is 10.3. The van der Waals surface area contributed by atoms with Crippen molar-refractivity contribution in [2.75, 3.05) is 31.5 Å². The van der Waals surface area contributed by atoms with Gasteiger partial charge in [0.05, 0.1) is 0 Å². The lowest BCUT2D eigenvalue weighted by Gasteiger charge is -2.28. The Balaban J connectivity index is 1.86. The third-order valence-electron chi connectivity index (χ3n) is 4.22. The molecular weight excluding hydrogens is 421 g/mol. The number of amides is 3. The molecule has 1 aliphatic rings. The first-order valence-corrected chi connectivity index (χ1v) is 11.0. The van der Waals surface area contributed by atoms with Crippen LogP contribution in [0.4, 0.5) is 14.9 Å². The molecule has 0 radical (unpaired) electrons. The monoisotopic (exact) mass is 441 g/mol. The third-order valence-corrected chi connectivity index (χ3v) is 7.45. The number of nitrogens with zero attached hydrogens (tertiary/aromatic N) is 2. The number of nitrogens with two attached hydrogens (primary N) is 1. The molecule has 1 saturated heterocycles. The SMILES string of the molecule is NCCNC(=O)C1N(C(=O)Nc2ccc(F)cc2)CCN1S(=O)(=O)c1cccs1. The van der Waals surface area contributed by atoms with Crippen LogP contribution in [0, 0.1) is 5.82 Å². The van der Waals surface area contributed by atoms with Crippen molar-refractivity contribution >= 4 is 39.0 Å². The zero-order valence-corrected chi connectivity index (χ0v) is 16.9. The fraction of sp³-hybridized carbons (Fsp3) is 0.294. The molecule has 4 N–H and O–H groups in total. The van der Waals surface area contributed by atoms with Gasteiger partial charge in [0, 0.05) is 31.9 Å². The first kappa shape index (κ1) is 21.2. The Bertz CT molecular complexity index is 966. The van der Waals surface area contributed by atoms with Crippen molar-refractivity contribution in [3.63, 3.8) is 0 Å². The molecule has 3 amide bonds. The number of benzene rings is 1. The van der Waals surface area contributed by atoms with Crippen LogP contribution in [-0.4, -0.2) is 61.9 Å². The molecule has 3 rings (SSSR count). The highest BCUT2D eigenvalue weighted by atomic mass is 32.2. The van der Waals surface area contributed by atoms with Crippen molar-refractivity contribution in [3.8, 4) is 0 Å². The Hall–Kier alpha value is -2.54. The lowest BCUT2D eigenvalue weighted by molar-refractivity contribution is -0.127. The van der Waals surface area contributed by atoms with Gasteiger partial charge in [-0.1, -0.05) is 6.07 Å². The van der Waals surface area contributed by atoms with Crippen molar-refractivity contribution < 1.29 is 22.4 Å². The molecule has 0 aliphatic carbocycles. The maximum Gasteiger partial charge on any atom is 0.323 e. The van der Waals surface area contributed by atoms with Crippen LogP contribution in [0.5, 0.6) is 0 Å². The molecule has 1 aromatic carbocycles. The fourth-order valence-electron chi connectivity index (χ4n) is 2.88. The van der Waals surface area contributed by atoms with Crippen LogP contribution in [0.15, 0.2) is 46.0 Å². The molecule has 1 aromatic heterocycles. The molecule has 156 valence electrons. The van der Waals surface area contributed by atoms with E-state index in [2.05, 4.69) is 10.6 Å². The zero-order chi connectivity index (χ0) is 21.0. The van der Waals surface area contributed by atoms with Crippen LogP contribution in [-0.2, 0) is 14.8 Å². The summed E-state index contributed by atoms with van der Waals surface area (Å²) in [5.41, 5.74) is 5.73. The minimum atomic E-state index is -3.97. The summed E-state index contributed by atoms with van der Waals surface area (Å²) < 4.78 is 40.1. The number of rotatable bonds is 6. The second kappa shape index (κ2) is 8.86. The third kappa shape index (κ3) is 4.56. The summed E-state index contributed by atoms with van der Waals surface area (Å²) in [6.07, 6.45) is -1.37. The van der Waals surface area contributed by atoms with Gasteiger partial charge in [0.1, 0.15) is 10.0 Å². The number of hydrogen-bond donors (Lipinski definition) is 3. The molecule has 0 spiro atoms. The Morgan fingerprint density at radius 3 is 2.55 bits per heavy atom. The van der Waals surface area contributed by atoms with Gasteiger partial charge in [0.15, 0.2) is 6.17 Å². The van der Waals surface area contributed by atoms with E-state index in [1.54, 1.807) is 11.4 Å². The highest BCUT2D eigenvalue weighted by molar-refractivity contribution is 7.91. The van der Waals surface area contributed by atoms with E-state index in [-0.39, 0.29) is 30.4 Å². The van der Waals surface area contributed by atoms with E-state index in [1.165, 1.54) is 30.3 Å². The number of anilines is 1. The molecule has 2 heterocycles. The highest BCUT2D eigenvalue weighted by Crippen LogP contribution is 2.28. The predicted octanol–water partition coefficient (Wildman–Crippen LogP) is 0.827. The summed E-state index contributed by atoms with van der Waals surface area (Å²) in [5, 5.41) is 6.71. The van der Waals surface area contributed by atoms with Crippen molar-refractivity contribution in [2.45, 2.75) is 10.4 Å². The van der Waals surface area contributed by atoms with Gasteiger partial charge in [-0.05, 0) is 35.7 Å². The lowest BCUT2D eigenvalue weighted by Crippen LogP contribution is -2.55. The smallest absolute Gasteiger partial charge is 0.323 e. The molecule has 1 aliphatic heterocycles. The second-order valence-corrected chi connectivity index (χ2v) is 9.20. The minimum Gasteiger partial charge on any atom is -0.352 e. The van der Waals surface area contributed by atoms with Crippen molar-refractivity contribution in [1.82, 2.24) is 14.5 Å². The molecule has 29 heavy (non-hydrogen) atoms. The van der Waals surface area contributed by atoms with E-state index in [0.29, 0.717) is 5.69 Å². The van der Waals surface area contributed by atoms with Crippen LogP contribution < -0.4 is 16.4 Å². The quantitative estimate of drug-likeness (QED) is 0.612. The molecule has 9 nitrogen and oxygen atoms in total. The first-order chi connectivity index (χ1) is 13.8. The predicted molar refractivity (Wildman–Crippen MR) is 106 cm³/mol. The number of halogens is 1. The first-order valence-electron chi connectivity index (χ1n) is 8.71. The number of sulfonamides is 1. The van der Waals surface area contributed by atoms with Gasteiger partial charge in [0.25, 0.3) is 15.9 Å². The van der Waals surface area contributed by atoms with E-state index in [4.69, 9.17) is 5.73 Å². The largest absolute Gasteiger partial charge is 0.352 e. The Labute approximate surface area is 171 Å². The van der Waals surface area contributed by atoms with Crippen LogP contribution in [0.1, 0.15) is 0 Å². The number of carbonyl (C=O) groups excluding carboxylic acids is 2. The average Bonchev–Trinajstić information content (AvgIpc) is 3.38. The van der Waals surface area contributed by atoms with Gasteiger partial charge in [-0.2, -0.15) is 4.31 Å². The molecule has 1 unspecified atom stereocenters. The normalized spacial score (nSPS) is 17.3. The van der Waals surface area contributed by atoms with Gasteiger partial charge < -0.3 is 16.4 Å². The maximum atomic E-state index is 13.1. The standard InChI is InChI=1S/C17H20FN5O4S2/c18-12-3-5-13(6-4-12)21-17(25)22-9-10-23(16(22)15(24)20-8-7-19)29(26,27)14-2-1-11-28-14/h1-6,11,16H,7-10,19H2,(H,20,24)(H,21,25). The second-order valence-electron chi connectivity index (χ2n) is 6.13. The van der Waals surface area contributed by atoms with Crippen molar-refractivity contribution in [3.05, 3.63) is 47.6 Å². The zero-order valence-electron chi connectivity index (χ0n) is 15.2. The van der Waals surface area contributed by atoms with Gasteiger partial charge in [-0.25, -0.2) is 17.6 Å². The van der Waals surface area contributed by atoms with E-state index < -0.39 is 33.9 Å². The van der Waals surface area contributed by atoms with Crippen LogP contribution in [0.2, 0.25) is 0 Å². The summed E-state index contributed by atoms with van der Waals surface area (Å²) in [6.45, 7) is 0.268. The van der Waals surface area contributed by atoms with Gasteiger partial charge in [-0.15, -0.1) is 11.3 Å². The van der Waals surface area contributed by atoms with E-state index in [9.17, 15) is 22.4 Å². The van der Waals surface area contributed by atoms with E-state index in [0.717, 1.165) is 20.5 Å². The van der Waals surface area contributed by atoms with E-state index >= 15 is 0 Å². The Morgan fingerprint density at radius 1 is 1.21 bits per heavy atom. The number of carbonyl (C=O) groups is 2. The summed E-state index contributed by atoms with van der Waals surface area (Å²) in [7, 11) is -3.97. The van der Waals surface area contributed by atoms with E-state index in [1.807, 2.05) is 0 Å². The van der Waals surface area contributed by atoms with Crippen LogP contribution >= 0.6 is 11.3 Å². The number of thiophene rings is 1. The topological polar surface area (TPSA) is 125 Å². The Kier molecular flexibility index (Phi) is 6.47. The Morgan fingerprint density at radius 2 is 1.93 bits per heavy atom. The van der Waals surface area contributed by atoms with Crippen LogP contribution in [0.25, 0.3) is 0 Å². The van der Waals surface area contributed by atoms with Crippen molar-refractivity contribution in [2.24, 2.45) is 5.73 Å². The molecule has 12 heteroatoms. The molecule has 0 bridgehead atoms. The highest BCUT2D eigenvalue weighted by Gasteiger charge is 2.46. The summed E-state index contributed by atoms with van der Waals surface area (Å²) in [4.78, 5) is 26.6. The minimum absolute atomic E-state index is 0.0122. The van der Waals surface area contributed by atoms with Gasteiger partial charge >= 0.3 is 6.03 Å². The molecular formula is C17H20FN5O4S2. The molecule has 1 atom stereocenters. The fourth-order valence-corrected chi connectivity index (χ4v) is 5.55. The number of hydrogen-bond acceptors (Lipinski definition) is 6. The maximum absolute atomic E-state index is 13.1. The molecule has 1 fully saturated rings. The van der Waals surface area contributed by atoms with Crippen LogP contribution in [0.3, 0.4) is 0 Å². The van der Waals surface area contributed by atoms with Crippen molar-refractivity contribution in [1.29, 1.82) is 0 Å². The van der Waals surface area contributed by atoms with Gasteiger partial charge in [-0.3, -0.25) is 9.69 Å².